The van der Waals surface area contributed by atoms with E-state index >= 15 is 0 Å². The number of hydrogen-bond donors (Lipinski definition) is 1. The molecule has 5 nitrogen and oxygen atoms in total. The first kappa shape index (κ1) is 10.5. The number of rotatable bonds is 1. The van der Waals surface area contributed by atoms with E-state index in [4.69, 9.17) is 10.2 Å². The second kappa shape index (κ2) is 3.66. The Kier molecular flexibility index (Phi) is 2.13. The molecule has 1 aliphatic heterocycles. The first-order valence-corrected chi connectivity index (χ1v) is 5.28. The fraction of sp³-hybridized carbons (Fsp3) is 0. The molecule has 1 aromatic rings. The van der Waals surface area contributed by atoms with Gasteiger partial charge in [0.25, 0.3) is 0 Å². The highest BCUT2D eigenvalue weighted by molar-refractivity contribution is 5.96. The smallest absolute Gasteiger partial charge is 0.248 e. The van der Waals surface area contributed by atoms with E-state index in [0.717, 1.165) is 0 Å². The van der Waals surface area contributed by atoms with Crippen molar-refractivity contribution in [3.63, 3.8) is 0 Å². The van der Waals surface area contributed by atoms with Crippen molar-refractivity contribution in [2.24, 2.45) is 5.73 Å². The molecular formula is C13H8N2O3. The average molecular weight is 240 g/mol. The van der Waals surface area contributed by atoms with Gasteiger partial charge in [0.2, 0.25) is 5.91 Å². The average Bonchev–Trinajstić information content (AvgIpc) is 2.35. The number of fused-ring (bicyclic) bond motifs is 2. The van der Waals surface area contributed by atoms with E-state index in [1.165, 1.54) is 18.2 Å². The maximum atomic E-state index is 11.2. The lowest BCUT2D eigenvalue weighted by Gasteiger charge is -2.05. The molecule has 18 heavy (non-hydrogen) atoms. The Morgan fingerprint density at radius 3 is 2.78 bits per heavy atom. The van der Waals surface area contributed by atoms with E-state index in [1.807, 2.05) is 0 Å². The lowest BCUT2D eigenvalue weighted by molar-refractivity contribution is 0.100. The molecule has 0 aromatic heterocycles. The Hall–Kier alpha value is -2.69. The van der Waals surface area contributed by atoms with E-state index < -0.39 is 5.91 Å². The van der Waals surface area contributed by atoms with Crippen LogP contribution in [0.15, 0.2) is 45.6 Å². The number of aromatic nitrogens is 1. The number of benzene rings is 2. The van der Waals surface area contributed by atoms with Gasteiger partial charge in [-0.05, 0) is 30.3 Å². The van der Waals surface area contributed by atoms with E-state index in [2.05, 4.69) is 4.98 Å². The summed E-state index contributed by atoms with van der Waals surface area (Å²) in [6.45, 7) is 0. The van der Waals surface area contributed by atoms with Gasteiger partial charge in [-0.3, -0.25) is 9.59 Å². The van der Waals surface area contributed by atoms with Crippen molar-refractivity contribution in [1.82, 2.24) is 4.98 Å². The number of hydrogen-bond acceptors (Lipinski definition) is 4. The molecule has 88 valence electrons. The van der Waals surface area contributed by atoms with Gasteiger partial charge in [0.15, 0.2) is 16.8 Å². The quantitative estimate of drug-likeness (QED) is 0.651. The molecule has 5 heteroatoms. The SMILES string of the molecule is NC(=O)c1ccc2nc3ccc(=O)cc-3oc2c1. The Balaban J connectivity index is 2.36. The summed E-state index contributed by atoms with van der Waals surface area (Å²) < 4.78 is 5.55. The van der Waals surface area contributed by atoms with Crippen LogP contribution in [-0.4, -0.2) is 10.9 Å². The fourth-order valence-corrected chi connectivity index (χ4v) is 1.76. The number of carbonyl (C=O) groups is 1. The van der Waals surface area contributed by atoms with E-state index in [1.54, 1.807) is 18.2 Å². The van der Waals surface area contributed by atoms with E-state index in [0.29, 0.717) is 28.1 Å². The molecule has 0 saturated carbocycles. The number of primary amides is 1. The Labute approximate surface area is 101 Å². The summed E-state index contributed by atoms with van der Waals surface area (Å²) >= 11 is 0. The zero-order chi connectivity index (χ0) is 12.7. The third kappa shape index (κ3) is 1.62. The molecule has 0 saturated heterocycles. The minimum absolute atomic E-state index is 0.154. The normalized spacial score (nSPS) is 10.9. The summed E-state index contributed by atoms with van der Waals surface area (Å²) in [7, 11) is 0. The van der Waals surface area contributed by atoms with Gasteiger partial charge in [-0.25, -0.2) is 4.98 Å². The molecule has 1 heterocycles. The van der Waals surface area contributed by atoms with Gasteiger partial charge >= 0.3 is 0 Å². The van der Waals surface area contributed by atoms with Gasteiger partial charge in [-0.1, -0.05) is 0 Å². The Morgan fingerprint density at radius 1 is 1.17 bits per heavy atom. The second-order valence-corrected chi connectivity index (χ2v) is 3.89. The van der Waals surface area contributed by atoms with Gasteiger partial charge in [0, 0.05) is 11.6 Å². The summed E-state index contributed by atoms with van der Waals surface area (Å²) in [5.41, 5.74) is 6.99. The molecule has 0 spiro atoms. The predicted molar refractivity (Wildman–Crippen MR) is 65.4 cm³/mol. The highest BCUT2D eigenvalue weighted by atomic mass is 16.3. The van der Waals surface area contributed by atoms with Crippen molar-refractivity contribution in [2.45, 2.75) is 0 Å². The van der Waals surface area contributed by atoms with Crippen LogP contribution in [0.1, 0.15) is 10.4 Å². The van der Waals surface area contributed by atoms with Gasteiger partial charge in [-0.2, -0.15) is 0 Å². The first-order chi connectivity index (χ1) is 8.63. The zero-order valence-electron chi connectivity index (χ0n) is 9.21. The number of nitrogens with two attached hydrogens (primary N) is 1. The van der Waals surface area contributed by atoms with Crippen molar-refractivity contribution in [1.29, 1.82) is 0 Å². The third-order valence-corrected chi connectivity index (χ3v) is 2.64. The predicted octanol–water partition coefficient (Wildman–Crippen LogP) is 1.39. The summed E-state index contributed by atoms with van der Waals surface area (Å²) in [4.78, 5) is 26.6. The molecule has 0 bridgehead atoms. The highest BCUT2D eigenvalue weighted by Gasteiger charge is 2.10. The highest BCUT2D eigenvalue weighted by Crippen LogP contribution is 2.23. The van der Waals surface area contributed by atoms with Crippen molar-refractivity contribution in [3.05, 3.63) is 52.2 Å². The lowest BCUT2D eigenvalue weighted by Crippen LogP contribution is -2.10. The third-order valence-electron chi connectivity index (χ3n) is 2.64. The van der Waals surface area contributed by atoms with Crippen molar-refractivity contribution in [2.75, 3.05) is 0 Å². The number of carbonyl (C=O) groups excluding carboxylic acids is 1. The monoisotopic (exact) mass is 240 g/mol. The Bertz CT molecular complexity index is 792. The van der Waals surface area contributed by atoms with Crippen molar-refractivity contribution >= 4 is 17.0 Å². The molecule has 0 radical (unpaired) electrons. The van der Waals surface area contributed by atoms with Gasteiger partial charge in [0.05, 0.1) is 0 Å². The van der Waals surface area contributed by atoms with Crippen LogP contribution in [0.2, 0.25) is 0 Å². The van der Waals surface area contributed by atoms with Crippen molar-refractivity contribution in [3.8, 4) is 11.5 Å². The number of amides is 1. The van der Waals surface area contributed by atoms with Gasteiger partial charge < -0.3 is 10.2 Å². The van der Waals surface area contributed by atoms with Crippen LogP contribution in [0.25, 0.3) is 22.6 Å². The van der Waals surface area contributed by atoms with Crippen LogP contribution in [0, 0.1) is 0 Å². The molecule has 1 aromatic carbocycles. The molecule has 2 aliphatic rings. The van der Waals surface area contributed by atoms with Crippen LogP contribution in [0.4, 0.5) is 0 Å². The minimum Gasteiger partial charge on any atom is -0.453 e. The molecular weight excluding hydrogens is 232 g/mol. The molecule has 1 aliphatic carbocycles. The summed E-state index contributed by atoms with van der Waals surface area (Å²) in [6, 6.07) is 9.14. The van der Waals surface area contributed by atoms with Gasteiger partial charge in [0.1, 0.15) is 11.2 Å². The van der Waals surface area contributed by atoms with Crippen molar-refractivity contribution < 1.29 is 9.21 Å². The molecule has 0 atom stereocenters. The minimum atomic E-state index is -0.537. The Morgan fingerprint density at radius 2 is 2.00 bits per heavy atom. The van der Waals surface area contributed by atoms with E-state index in [-0.39, 0.29) is 5.43 Å². The molecule has 0 fully saturated rings. The summed E-state index contributed by atoms with van der Waals surface area (Å²) in [5.74, 6) is -0.151. The maximum Gasteiger partial charge on any atom is 0.248 e. The van der Waals surface area contributed by atoms with Crippen LogP contribution < -0.4 is 11.2 Å². The van der Waals surface area contributed by atoms with E-state index in [9.17, 15) is 9.59 Å². The fourth-order valence-electron chi connectivity index (χ4n) is 1.76. The molecule has 3 rings (SSSR count). The van der Waals surface area contributed by atoms with Crippen LogP contribution in [0.3, 0.4) is 0 Å². The molecule has 2 N–H and O–H groups in total. The van der Waals surface area contributed by atoms with Gasteiger partial charge in [-0.15, -0.1) is 0 Å². The van der Waals surface area contributed by atoms with Crippen LogP contribution >= 0.6 is 0 Å². The summed E-state index contributed by atoms with van der Waals surface area (Å²) in [6.07, 6.45) is 0. The standard InChI is InChI=1S/C13H8N2O3/c14-13(17)7-1-3-9-11(5-7)18-12-6-8(16)2-4-10(12)15-9/h1-6H,(H2,14,17). The summed E-state index contributed by atoms with van der Waals surface area (Å²) in [5, 5.41) is 0. The largest absolute Gasteiger partial charge is 0.453 e. The van der Waals surface area contributed by atoms with Crippen LogP contribution in [-0.2, 0) is 0 Å². The molecule has 1 amide bonds. The molecule has 0 unspecified atom stereocenters. The maximum absolute atomic E-state index is 11.2. The topological polar surface area (TPSA) is 86.2 Å². The zero-order valence-corrected chi connectivity index (χ0v) is 9.21. The number of nitrogens with zero attached hydrogens (tertiary/aromatic N) is 1. The first-order valence-electron chi connectivity index (χ1n) is 5.28. The second-order valence-electron chi connectivity index (χ2n) is 3.89. The lowest BCUT2D eigenvalue weighted by atomic mass is 10.1. The van der Waals surface area contributed by atoms with Crippen LogP contribution in [0.5, 0.6) is 0 Å².